The number of allylic oxidation sites excluding steroid dienone is 1. The van der Waals surface area contributed by atoms with Crippen molar-refractivity contribution >= 4 is 16.9 Å². The van der Waals surface area contributed by atoms with Gasteiger partial charge in [-0.3, -0.25) is 9.89 Å². The quantitative estimate of drug-likeness (QED) is 0.674. The van der Waals surface area contributed by atoms with Gasteiger partial charge < -0.3 is 19.6 Å². The molecule has 0 aliphatic carbocycles. The molecule has 8 nitrogen and oxygen atoms in total. The third-order valence-corrected chi connectivity index (χ3v) is 4.09. The summed E-state index contributed by atoms with van der Waals surface area (Å²) in [6, 6.07) is 7.43. The van der Waals surface area contributed by atoms with Crippen LogP contribution in [0.3, 0.4) is 0 Å². The van der Waals surface area contributed by atoms with Crippen molar-refractivity contribution in [2.75, 3.05) is 13.7 Å². The maximum atomic E-state index is 12.5. The van der Waals surface area contributed by atoms with E-state index in [1.165, 1.54) is 0 Å². The number of nitrogens with zero attached hydrogens (tertiary/aromatic N) is 4. The van der Waals surface area contributed by atoms with Gasteiger partial charge in [-0.15, -0.1) is 0 Å². The SMILES string of the molecule is COc1cccc2c1n(C/C=C/CN)c(=NC(=O)c1cc(C)[nH]n1)n2C. The van der Waals surface area contributed by atoms with Crippen molar-refractivity contribution in [3.05, 3.63) is 53.4 Å². The predicted octanol–water partition coefficient (Wildman–Crippen LogP) is 1.28. The standard InChI is InChI=1S/C18H22N6O2/c1-12-11-13(22-21-12)17(25)20-18-23(2)14-7-6-8-15(26-3)16(14)24(18)10-5-4-9-19/h4-8,11H,9-10,19H2,1-3H3,(H,21,22)/b5-4+,20-18?. The van der Waals surface area contributed by atoms with Crippen LogP contribution in [0.25, 0.3) is 11.0 Å². The molecule has 0 saturated carbocycles. The Balaban J connectivity index is 2.24. The molecule has 0 atom stereocenters. The van der Waals surface area contributed by atoms with E-state index in [1.807, 2.05) is 53.5 Å². The van der Waals surface area contributed by atoms with Crippen LogP contribution in [0, 0.1) is 6.92 Å². The summed E-state index contributed by atoms with van der Waals surface area (Å²) >= 11 is 0. The maximum Gasteiger partial charge on any atom is 0.300 e. The van der Waals surface area contributed by atoms with Gasteiger partial charge in [0, 0.05) is 25.8 Å². The van der Waals surface area contributed by atoms with Gasteiger partial charge in [-0.25, -0.2) is 0 Å². The number of nitrogens with two attached hydrogens (primary N) is 1. The minimum absolute atomic E-state index is 0.281. The fourth-order valence-corrected chi connectivity index (χ4v) is 2.87. The Morgan fingerprint density at radius 2 is 2.23 bits per heavy atom. The van der Waals surface area contributed by atoms with Crippen molar-refractivity contribution in [1.29, 1.82) is 0 Å². The fourth-order valence-electron chi connectivity index (χ4n) is 2.87. The Kier molecular flexibility index (Phi) is 5.04. The van der Waals surface area contributed by atoms with Crippen molar-refractivity contribution in [3.63, 3.8) is 0 Å². The van der Waals surface area contributed by atoms with Gasteiger partial charge in [-0.2, -0.15) is 10.1 Å². The van der Waals surface area contributed by atoms with E-state index < -0.39 is 5.91 Å². The monoisotopic (exact) mass is 354 g/mol. The molecule has 1 amide bonds. The summed E-state index contributed by atoms with van der Waals surface area (Å²) < 4.78 is 9.30. The number of aryl methyl sites for hydroxylation is 2. The van der Waals surface area contributed by atoms with E-state index in [-0.39, 0.29) is 5.69 Å². The summed E-state index contributed by atoms with van der Waals surface area (Å²) in [5.41, 5.74) is 8.92. The lowest BCUT2D eigenvalue weighted by Crippen LogP contribution is -2.26. The van der Waals surface area contributed by atoms with Crippen LogP contribution in [0.5, 0.6) is 5.75 Å². The molecule has 0 bridgehead atoms. The summed E-state index contributed by atoms with van der Waals surface area (Å²) in [6.45, 7) is 2.80. The van der Waals surface area contributed by atoms with Crippen LogP contribution < -0.4 is 16.1 Å². The summed E-state index contributed by atoms with van der Waals surface area (Å²) in [6.07, 6.45) is 3.80. The molecule has 2 heterocycles. The first kappa shape index (κ1) is 17.7. The number of benzene rings is 1. The van der Waals surface area contributed by atoms with Crippen LogP contribution in [0.15, 0.2) is 41.4 Å². The molecule has 0 unspecified atom stereocenters. The van der Waals surface area contributed by atoms with E-state index >= 15 is 0 Å². The van der Waals surface area contributed by atoms with Crippen LogP contribution in [0.4, 0.5) is 0 Å². The first-order valence-electron chi connectivity index (χ1n) is 8.25. The molecular weight excluding hydrogens is 332 g/mol. The number of carbonyl (C=O) groups is 1. The molecule has 0 spiro atoms. The zero-order valence-electron chi connectivity index (χ0n) is 15.1. The van der Waals surface area contributed by atoms with Crippen LogP contribution in [0.2, 0.25) is 0 Å². The lowest BCUT2D eigenvalue weighted by atomic mass is 10.3. The molecule has 0 radical (unpaired) electrons. The highest BCUT2D eigenvalue weighted by Gasteiger charge is 2.15. The van der Waals surface area contributed by atoms with Crippen molar-refractivity contribution in [2.45, 2.75) is 13.5 Å². The molecule has 3 aromatic rings. The number of carbonyl (C=O) groups excluding carboxylic acids is 1. The van der Waals surface area contributed by atoms with Crippen molar-refractivity contribution < 1.29 is 9.53 Å². The average Bonchev–Trinajstić information content (AvgIpc) is 3.19. The predicted molar refractivity (Wildman–Crippen MR) is 98.9 cm³/mol. The summed E-state index contributed by atoms with van der Waals surface area (Å²) in [7, 11) is 3.49. The first-order valence-corrected chi connectivity index (χ1v) is 8.25. The Bertz CT molecular complexity index is 1040. The first-order chi connectivity index (χ1) is 12.6. The fraction of sp³-hybridized carbons (Fsp3) is 0.278. The molecular formula is C18H22N6O2. The number of H-pyrrole nitrogens is 1. The third kappa shape index (κ3) is 3.18. The van der Waals surface area contributed by atoms with Gasteiger partial charge >= 0.3 is 5.91 Å². The average molecular weight is 354 g/mol. The number of aromatic nitrogens is 4. The number of ether oxygens (including phenoxy) is 1. The lowest BCUT2D eigenvalue weighted by molar-refractivity contribution is 0.0991. The molecule has 1 aromatic carbocycles. The van der Waals surface area contributed by atoms with Crippen molar-refractivity contribution in [1.82, 2.24) is 19.3 Å². The molecule has 8 heteroatoms. The number of rotatable bonds is 5. The molecule has 136 valence electrons. The smallest absolute Gasteiger partial charge is 0.300 e. The summed E-state index contributed by atoms with van der Waals surface area (Å²) in [4.78, 5) is 16.9. The van der Waals surface area contributed by atoms with Crippen LogP contribution in [0.1, 0.15) is 16.2 Å². The van der Waals surface area contributed by atoms with Crippen molar-refractivity contribution in [3.8, 4) is 5.75 Å². The number of para-hydroxylation sites is 1. The zero-order chi connectivity index (χ0) is 18.7. The second-order valence-electron chi connectivity index (χ2n) is 5.86. The maximum absolute atomic E-state index is 12.5. The number of hydrogen-bond donors (Lipinski definition) is 2. The minimum atomic E-state index is -0.407. The number of aromatic amines is 1. The van der Waals surface area contributed by atoms with Crippen molar-refractivity contribution in [2.24, 2.45) is 17.8 Å². The third-order valence-electron chi connectivity index (χ3n) is 4.09. The van der Waals surface area contributed by atoms with E-state index in [2.05, 4.69) is 15.2 Å². The second kappa shape index (κ2) is 7.40. The lowest BCUT2D eigenvalue weighted by Gasteiger charge is -2.05. The highest BCUT2D eigenvalue weighted by atomic mass is 16.5. The molecule has 0 fully saturated rings. The van der Waals surface area contributed by atoms with Gasteiger partial charge in [0.05, 0.1) is 12.6 Å². The summed E-state index contributed by atoms with van der Waals surface area (Å²) in [5.74, 6) is 0.305. The van der Waals surface area contributed by atoms with E-state index in [1.54, 1.807) is 13.2 Å². The highest BCUT2D eigenvalue weighted by Crippen LogP contribution is 2.24. The van der Waals surface area contributed by atoms with E-state index in [0.717, 1.165) is 16.7 Å². The van der Waals surface area contributed by atoms with Gasteiger partial charge in [-0.1, -0.05) is 18.2 Å². The van der Waals surface area contributed by atoms with Crippen LogP contribution in [-0.2, 0) is 13.6 Å². The Morgan fingerprint density at radius 3 is 2.88 bits per heavy atom. The van der Waals surface area contributed by atoms with E-state index in [4.69, 9.17) is 10.5 Å². The van der Waals surface area contributed by atoms with Gasteiger partial charge in [0.2, 0.25) is 5.62 Å². The van der Waals surface area contributed by atoms with Crippen LogP contribution in [-0.4, -0.2) is 38.9 Å². The zero-order valence-corrected chi connectivity index (χ0v) is 15.1. The molecule has 26 heavy (non-hydrogen) atoms. The Hall–Kier alpha value is -3.13. The Labute approximate surface area is 150 Å². The molecule has 0 saturated heterocycles. The number of nitrogens with one attached hydrogen (secondary N) is 1. The number of imidazole rings is 1. The van der Waals surface area contributed by atoms with E-state index in [9.17, 15) is 4.79 Å². The normalized spacial score (nSPS) is 12.4. The molecule has 3 rings (SSSR count). The number of amides is 1. The van der Waals surface area contributed by atoms with Gasteiger partial charge in [0.15, 0.2) is 5.69 Å². The largest absolute Gasteiger partial charge is 0.494 e. The van der Waals surface area contributed by atoms with Gasteiger partial charge in [0.1, 0.15) is 11.3 Å². The second-order valence-corrected chi connectivity index (χ2v) is 5.86. The molecule has 3 N–H and O–H groups in total. The van der Waals surface area contributed by atoms with Crippen LogP contribution >= 0.6 is 0 Å². The number of hydrogen-bond acceptors (Lipinski definition) is 4. The van der Waals surface area contributed by atoms with E-state index in [0.29, 0.717) is 24.5 Å². The summed E-state index contributed by atoms with van der Waals surface area (Å²) in [5, 5.41) is 6.75. The topological polar surface area (TPSA) is 103 Å². The number of methoxy groups -OCH3 is 1. The highest BCUT2D eigenvalue weighted by molar-refractivity contribution is 5.93. The van der Waals surface area contributed by atoms with Gasteiger partial charge in [0.25, 0.3) is 0 Å². The molecule has 2 aromatic heterocycles. The number of fused-ring (bicyclic) bond motifs is 1. The molecule has 0 aliphatic heterocycles. The molecule has 0 aliphatic rings. The minimum Gasteiger partial charge on any atom is -0.494 e. The Morgan fingerprint density at radius 1 is 1.42 bits per heavy atom. The van der Waals surface area contributed by atoms with Gasteiger partial charge in [-0.05, 0) is 25.1 Å².